The van der Waals surface area contributed by atoms with Gasteiger partial charge in [-0.1, -0.05) is 11.6 Å². The van der Waals surface area contributed by atoms with E-state index in [0.29, 0.717) is 17.4 Å². The Bertz CT molecular complexity index is 342. The average molecular weight is 248 g/mol. The highest BCUT2D eigenvalue weighted by atomic mass is 35.5. The molecule has 0 saturated carbocycles. The molecule has 0 radical (unpaired) electrons. The fourth-order valence-electron chi connectivity index (χ4n) is 1.49. The molecule has 1 saturated heterocycles. The molecule has 15 heavy (non-hydrogen) atoms. The Morgan fingerprint density at radius 2 is 2.40 bits per heavy atom. The van der Waals surface area contributed by atoms with E-state index in [1.807, 2.05) is 0 Å². The van der Waals surface area contributed by atoms with Gasteiger partial charge in [0.15, 0.2) is 0 Å². The maximum atomic E-state index is 5.89. The molecular formula is C9H11Cl2N3O. The van der Waals surface area contributed by atoms with Crippen molar-refractivity contribution in [3.63, 3.8) is 0 Å². The minimum Gasteiger partial charge on any atom is -0.376 e. The van der Waals surface area contributed by atoms with Crippen molar-refractivity contribution in [3.05, 3.63) is 16.5 Å². The number of anilines is 1. The van der Waals surface area contributed by atoms with Gasteiger partial charge in [0.2, 0.25) is 5.28 Å². The van der Waals surface area contributed by atoms with E-state index < -0.39 is 0 Å². The molecule has 4 nitrogen and oxygen atoms in total. The summed E-state index contributed by atoms with van der Waals surface area (Å²) in [6, 6.07) is 0. The lowest BCUT2D eigenvalue weighted by atomic mass is 10.2. The number of hydrogen-bond donors (Lipinski definition) is 1. The largest absolute Gasteiger partial charge is 0.376 e. The van der Waals surface area contributed by atoms with Crippen LogP contribution < -0.4 is 5.32 Å². The van der Waals surface area contributed by atoms with Crippen LogP contribution in [-0.2, 0) is 4.74 Å². The fraction of sp³-hybridized carbons (Fsp3) is 0.556. The number of aromatic nitrogens is 2. The zero-order valence-corrected chi connectivity index (χ0v) is 9.55. The molecule has 1 aliphatic heterocycles. The van der Waals surface area contributed by atoms with Crippen LogP contribution >= 0.6 is 23.2 Å². The van der Waals surface area contributed by atoms with Crippen molar-refractivity contribution in [2.24, 2.45) is 0 Å². The van der Waals surface area contributed by atoms with Crippen LogP contribution in [0.15, 0.2) is 6.20 Å². The van der Waals surface area contributed by atoms with Crippen LogP contribution in [-0.4, -0.2) is 29.2 Å². The molecule has 82 valence electrons. The van der Waals surface area contributed by atoms with E-state index >= 15 is 0 Å². The first-order valence-electron chi connectivity index (χ1n) is 4.79. The molecule has 0 bridgehead atoms. The van der Waals surface area contributed by atoms with E-state index in [1.165, 1.54) is 6.20 Å². The Morgan fingerprint density at radius 3 is 3.13 bits per heavy atom. The van der Waals surface area contributed by atoms with E-state index in [4.69, 9.17) is 27.9 Å². The summed E-state index contributed by atoms with van der Waals surface area (Å²) in [6.07, 6.45) is 3.91. The molecule has 6 heteroatoms. The van der Waals surface area contributed by atoms with Gasteiger partial charge in [0.25, 0.3) is 0 Å². The van der Waals surface area contributed by atoms with Gasteiger partial charge in [-0.2, -0.15) is 4.98 Å². The summed E-state index contributed by atoms with van der Waals surface area (Å²) in [7, 11) is 0. The van der Waals surface area contributed by atoms with Gasteiger partial charge in [0.05, 0.1) is 12.3 Å². The Hall–Kier alpha value is -0.580. The predicted molar refractivity (Wildman–Crippen MR) is 59.5 cm³/mol. The number of hydrogen-bond acceptors (Lipinski definition) is 4. The van der Waals surface area contributed by atoms with Crippen LogP contribution in [0.2, 0.25) is 10.3 Å². The smallest absolute Gasteiger partial charge is 0.224 e. The maximum absolute atomic E-state index is 5.89. The van der Waals surface area contributed by atoms with Gasteiger partial charge in [-0.15, -0.1) is 0 Å². The van der Waals surface area contributed by atoms with Crippen LogP contribution in [0, 0.1) is 0 Å². The summed E-state index contributed by atoms with van der Waals surface area (Å²) in [4.78, 5) is 7.76. The van der Waals surface area contributed by atoms with Crippen molar-refractivity contribution in [2.45, 2.75) is 18.9 Å². The summed E-state index contributed by atoms with van der Waals surface area (Å²) < 4.78 is 5.46. The monoisotopic (exact) mass is 247 g/mol. The third kappa shape index (κ3) is 2.93. The normalized spacial score (nSPS) is 20.5. The van der Waals surface area contributed by atoms with Crippen LogP contribution in [0.4, 0.5) is 5.82 Å². The lowest BCUT2D eigenvalue weighted by Crippen LogP contribution is -2.19. The number of halogens is 2. The highest BCUT2D eigenvalue weighted by Gasteiger charge is 2.15. The second kappa shape index (κ2) is 4.96. The lowest BCUT2D eigenvalue weighted by molar-refractivity contribution is 0.120. The zero-order valence-electron chi connectivity index (χ0n) is 8.04. The maximum Gasteiger partial charge on any atom is 0.224 e. The Kier molecular flexibility index (Phi) is 3.61. The second-order valence-electron chi connectivity index (χ2n) is 3.35. The zero-order chi connectivity index (χ0) is 10.7. The van der Waals surface area contributed by atoms with Crippen molar-refractivity contribution in [2.75, 3.05) is 18.5 Å². The molecule has 2 heterocycles. The number of ether oxygens (including phenoxy) is 1. The van der Waals surface area contributed by atoms with E-state index in [-0.39, 0.29) is 11.4 Å². The molecule has 1 atom stereocenters. The lowest BCUT2D eigenvalue weighted by Gasteiger charge is -2.11. The molecule has 1 N–H and O–H groups in total. The first-order chi connectivity index (χ1) is 7.25. The predicted octanol–water partition coefficient (Wildman–Crippen LogP) is 2.37. The molecule has 0 aromatic carbocycles. The molecule has 1 aliphatic rings. The number of rotatable bonds is 3. The van der Waals surface area contributed by atoms with Crippen LogP contribution in [0.3, 0.4) is 0 Å². The molecular weight excluding hydrogens is 237 g/mol. The minimum absolute atomic E-state index is 0.189. The van der Waals surface area contributed by atoms with Crippen molar-refractivity contribution >= 4 is 29.0 Å². The van der Waals surface area contributed by atoms with Crippen LogP contribution in [0.1, 0.15) is 12.8 Å². The summed E-state index contributed by atoms with van der Waals surface area (Å²) >= 11 is 11.6. The SMILES string of the molecule is Clc1ncc(Cl)c(NC[C@H]2CCCO2)n1. The van der Waals surface area contributed by atoms with Crippen LogP contribution in [0.5, 0.6) is 0 Å². The third-order valence-electron chi connectivity index (χ3n) is 2.24. The third-order valence-corrected chi connectivity index (χ3v) is 2.69. The van der Waals surface area contributed by atoms with Crippen molar-refractivity contribution in [1.29, 1.82) is 0 Å². The molecule has 1 aromatic rings. The van der Waals surface area contributed by atoms with Gasteiger partial charge >= 0.3 is 0 Å². The van der Waals surface area contributed by atoms with E-state index in [2.05, 4.69) is 15.3 Å². The van der Waals surface area contributed by atoms with Gasteiger partial charge in [-0.05, 0) is 24.4 Å². The standard InChI is InChI=1S/C9H11Cl2N3O/c10-7-5-13-9(11)14-8(7)12-4-6-2-1-3-15-6/h5-6H,1-4H2,(H,12,13,14)/t6-/m1/s1. The minimum atomic E-state index is 0.189. The molecule has 2 rings (SSSR count). The summed E-state index contributed by atoms with van der Waals surface area (Å²) in [6.45, 7) is 1.54. The van der Waals surface area contributed by atoms with E-state index in [1.54, 1.807) is 0 Å². The van der Waals surface area contributed by atoms with Gasteiger partial charge in [0.1, 0.15) is 10.8 Å². The average Bonchev–Trinajstić information content (AvgIpc) is 2.72. The van der Waals surface area contributed by atoms with Gasteiger partial charge in [0, 0.05) is 13.2 Å². The molecule has 0 unspecified atom stereocenters. The fourth-order valence-corrected chi connectivity index (χ4v) is 1.78. The summed E-state index contributed by atoms with van der Waals surface area (Å²) in [5.74, 6) is 0.562. The highest BCUT2D eigenvalue weighted by molar-refractivity contribution is 6.33. The van der Waals surface area contributed by atoms with Crippen molar-refractivity contribution < 1.29 is 4.74 Å². The van der Waals surface area contributed by atoms with Gasteiger partial charge < -0.3 is 10.1 Å². The van der Waals surface area contributed by atoms with E-state index in [0.717, 1.165) is 19.4 Å². The topological polar surface area (TPSA) is 47.0 Å². The number of nitrogens with zero attached hydrogens (tertiary/aromatic N) is 2. The summed E-state index contributed by atoms with van der Waals surface area (Å²) in [5.41, 5.74) is 0. The Balaban J connectivity index is 1.94. The molecule has 1 aromatic heterocycles. The molecule has 1 fully saturated rings. The highest BCUT2D eigenvalue weighted by Crippen LogP contribution is 2.20. The second-order valence-corrected chi connectivity index (χ2v) is 4.10. The van der Waals surface area contributed by atoms with Gasteiger partial charge in [-0.25, -0.2) is 4.98 Å². The van der Waals surface area contributed by atoms with Gasteiger partial charge in [-0.3, -0.25) is 0 Å². The Labute approximate surface area is 98.0 Å². The van der Waals surface area contributed by atoms with Crippen molar-refractivity contribution in [1.82, 2.24) is 9.97 Å². The quantitative estimate of drug-likeness (QED) is 0.834. The molecule has 0 spiro atoms. The Morgan fingerprint density at radius 1 is 1.53 bits per heavy atom. The first-order valence-corrected chi connectivity index (χ1v) is 5.55. The first kappa shape index (κ1) is 10.9. The molecule has 0 amide bonds. The van der Waals surface area contributed by atoms with Crippen molar-refractivity contribution in [3.8, 4) is 0 Å². The molecule has 0 aliphatic carbocycles. The summed E-state index contributed by atoms with van der Waals surface area (Å²) in [5, 5.41) is 3.76. The van der Waals surface area contributed by atoms with Crippen LogP contribution in [0.25, 0.3) is 0 Å². The van der Waals surface area contributed by atoms with E-state index in [9.17, 15) is 0 Å². The number of nitrogens with one attached hydrogen (secondary N) is 1.